The van der Waals surface area contributed by atoms with E-state index in [1.54, 1.807) is 14.2 Å². The Balaban J connectivity index is 1.78. The minimum absolute atomic E-state index is 0.0280. The van der Waals surface area contributed by atoms with E-state index < -0.39 is 0 Å². The minimum atomic E-state index is -0.0280. The van der Waals surface area contributed by atoms with Gasteiger partial charge in [0.15, 0.2) is 11.5 Å². The molecule has 0 radical (unpaired) electrons. The van der Waals surface area contributed by atoms with Crippen molar-refractivity contribution in [2.45, 2.75) is 13.0 Å². The Morgan fingerprint density at radius 1 is 1.12 bits per heavy atom. The summed E-state index contributed by atoms with van der Waals surface area (Å²) in [6.07, 6.45) is 0.814. The van der Waals surface area contributed by atoms with E-state index in [0.717, 1.165) is 24.1 Å². The number of amides is 1. The molecule has 1 N–H and O–H groups in total. The average Bonchev–Trinajstić information content (AvgIpc) is 2.65. The summed E-state index contributed by atoms with van der Waals surface area (Å²) in [5, 5.41) is 3.56. The second-order valence-electron chi connectivity index (χ2n) is 6.05. The van der Waals surface area contributed by atoms with Gasteiger partial charge < -0.3 is 14.8 Å². The third-order valence-corrected chi connectivity index (χ3v) is 4.45. The molecule has 0 fully saturated rings. The normalized spacial score (nSPS) is 10.7. The lowest BCUT2D eigenvalue weighted by Gasteiger charge is -2.17. The van der Waals surface area contributed by atoms with Crippen molar-refractivity contribution in [3.8, 4) is 11.5 Å². The smallest absolute Gasteiger partial charge is 0.234 e. The van der Waals surface area contributed by atoms with Crippen LogP contribution >= 0.6 is 11.6 Å². The summed E-state index contributed by atoms with van der Waals surface area (Å²) in [5.41, 5.74) is 2.04. The second-order valence-corrected chi connectivity index (χ2v) is 6.45. The third-order valence-electron chi connectivity index (χ3n) is 4.08. The van der Waals surface area contributed by atoms with Gasteiger partial charge in [-0.25, -0.2) is 0 Å². The van der Waals surface area contributed by atoms with Crippen LogP contribution in [0.5, 0.6) is 11.5 Å². The molecule has 2 aromatic rings. The maximum atomic E-state index is 12.1. The Labute approximate surface area is 159 Å². The number of nitrogens with one attached hydrogen (secondary N) is 1. The van der Waals surface area contributed by atoms with Crippen molar-refractivity contribution in [3.05, 3.63) is 58.6 Å². The molecule has 0 saturated carbocycles. The van der Waals surface area contributed by atoms with Crippen LogP contribution in [0.2, 0.25) is 5.02 Å². The first-order valence-corrected chi connectivity index (χ1v) is 8.81. The first-order chi connectivity index (χ1) is 12.5. The van der Waals surface area contributed by atoms with Gasteiger partial charge in [0.2, 0.25) is 5.91 Å². The van der Waals surface area contributed by atoms with Crippen LogP contribution in [0.15, 0.2) is 42.5 Å². The van der Waals surface area contributed by atoms with E-state index in [4.69, 9.17) is 21.1 Å². The molecule has 0 bridgehead atoms. The number of nitrogens with zero attached hydrogens (tertiary/aromatic N) is 1. The van der Waals surface area contributed by atoms with E-state index in [-0.39, 0.29) is 5.91 Å². The van der Waals surface area contributed by atoms with E-state index in [9.17, 15) is 4.79 Å². The number of hydrogen-bond acceptors (Lipinski definition) is 4. The zero-order valence-electron chi connectivity index (χ0n) is 15.4. The number of carbonyl (C=O) groups excluding carboxylic acids is 1. The fourth-order valence-corrected chi connectivity index (χ4v) is 2.77. The van der Waals surface area contributed by atoms with Gasteiger partial charge in [-0.15, -0.1) is 0 Å². The molecule has 26 heavy (non-hydrogen) atoms. The van der Waals surface area contributed by atoms with Gasteiger partial charge in [-0.2, -0.15) is 0 Å². The number of hydrogen-bond donors (Lipinski definition) is 1. The molecule has 0 unspecified atom stereocenters. The summed E-state index contributed by atoms with van der Waals surface area (Å²) in [4.78, 5) is 14.1. The van der Waals surface area contributed by atoms with Gasteiger partial charge in [0.1, 0.15) is 0 Å². The predicted molar refractivity (Wildman–Crippen MR) is 104 cm³/mol. The quantitative estimate of drug-likeness (QED) is 0.730. The van der Waals surface area contributed by atoms with Crippen LogP contribution in [0.4, 0.5) is 0 Å². The number of methoxy groups -OCH3 is 2. The lowest BCUT2D eigenvalue weighted by atomic mass is 10.1. The van der Waals surface area contributed by atoms with Crippen molar-refractivity contribution < 1.29 is 14.3 Å². The Bertz CT molecular complexity index is 737. The average molecular weight is 377 g/mol. The van der Waals surface area contributed by atoms with Crippen molar-refractivity contribution >= 4 is 17.5 Å². The van der Waals surface area contributed by atoms with Crippen molar-refractivity contribution in [1.82, 2.24) is 10.2 Å². The Kier molecular flexibility index (Phi) is 7.75. The van der Waals surface area contributed by atoms with Crippen LogP contribution in [-0.2, 0) is 17.8 Å². The number of carbonyl (C=O) groups is 1. The number of halogens is 1. The fourth-order valence-electron chi connectivity index (χ4n) is 2.57. The van der Waals surface area contributed by atoms with Crippen LogP contribution in [0.25, 0.3) is 0 Å². The van der Waals surface area contributed by atoms with Gasteiger partial charge in [0.05, 0.1) is 20.8 Å². The summed E-state index contributed by atoms with van der Waals surface area (Å²) < 4.78 is 10.6. The fraction of sp³-hybridized carbons (Fsp3) is 0.350. The van der Waals surface area contributed by atoms with Gasteiger partial charge in [-0.05, 0) is 42.8 Å². The lowest BCUT2D eigenvalue weighted by molar-refractivity contribution is -0.122. The number of ether oxygens (including phenoxy) is 2. The lowest BCUT2D eigenvalue weighted by Crippen LogP contribution is -2.35. The van der Waals surface area contributed by atoms with Crippen LogP contribution < -0.4 is 14.8 Å². The van der Waals surface area contributed by atoms with Gasteiger partial charge in [-0.1, -0.05) is 35.9 Å². The van der Waals surface area contributed by atoms with Crippen LogP contribution in [0.1, 0.15) is 11.1 Å². The molecule has 0 saturated heterocycles. The molecule has 0 aliphatic carbocycles. The highest BCUT2D eigenvalue weighted by Crippen LogP contribution is 2.27. The molecule has 6 heteroatoms. The zero-order chi connectivity index (χ0) is 18.9. The Hall–Kier alpha value is -2.24. The van der Waals surface area contributed by atoms with E-state index in [2.05, 4.69) is 5.32 Å². The van der Waals surface area contributed by atoms with Gasteiger partial charge in [0, 0.05) is 18.1 Å². The molecule has 2 rings (SSSR count). The van der Waals surface area contributed by atoms with E-state index in [1.165, 1.54) is 0 Å². The first-order valence-electron chi connectivity index (χ1n) is 8.43. The molecule has 2 aromatic carbocycles. The van der Waals surface area contributed by atoms with Crippen molar-refractivity contribution in [3.63, 3.8) is 0 Å². The summed E-state index contributed by atoms with van der Waals surface area (Å²) in [7, 11) is 5.17. The third kappa shape index (κ3) is 5.93. The van der Waals surface area contributed by atoms with E-state index in [0.29, 0.717) is 29.6 Å². The maximum Gasteiger partial charge on any atom is 0.234 e. The summed E-state index contributed by atoms with van der Waals surface area (Å²) in [5.74, 6) is 1.40. The summed E-state index contributed by atoms with van der Waals surface area (Å²) >= 11 is 6.10. The van der Waals surface area contributed by atoms with E-state index in [1.807, 2.05) is 54.4 Å². The Morgan fingerprint density at radius 2 is 1.85 bits per heavy atom. The topological polar surface area (TPSA) is 50.8 Å². The molecule has 0 heterocycles. The predicted octanol–water partition coefficient (Wildman–Crippen LogP) is 3.15. The molecular weight excluding hydrogens is 352 g/mol. The highest BCUT2D eigenvalue weighted by Gasteiger charge is 2.09. The monoisotopic (exact) mass is 376 g/mol. The maximum absolute atomic E-state index is 12.1. The van der Waals surface area contributed by atoms with Crippen LogP contribution in [0.3, 0.4) is 0 Å². The Morgan fingerprint density at radius 3 is 2.54 bits per heavy atom. The van der Waals surface area contributed by atoms with Gasteiger partial charge in [0.25, 0.3) is 0 Å². The highest BCUT2D eigenvalue weighted by atomic mass is 35.5. The molecule has 0 aliphatic rings. The molecule has 0 spiro atoms. The minimum Gasteiger partial charge on any atom is -0.493 e. The number of likely N-dealkylation sites (N-methyl/N-ethyl adjacent to an activating group) is 1. The number of benzene rings is 2. The largest absolute Gasteiger partial charge is 0.493 e. The van der Waals surface area contributed by atoms with Crippen LogP contribution in [-0.4, -0.2) is 45.2 Å². The summed E-state index contributed by atoms with van der Waals surface area (Å²) in [6, 6.07) is 13.4. The molecule has 140 valence electrons. The molecule has 5 nitrogen and oxygen atoms in total. The molecule has 0 aromatic heterocycles. The zero-order valence-corrected chi connectivity index (χ0v) is 16.2. The van der Waals surface area contributed by atoms with Gasteiger partial charge in [-0.3, -0.25) is 9.69 Å². The van der Waals surface area contributed by atoms with Crippen molar-refractivity contribution in [2.24, 2.45) is 0 Å². The van der Waals surface area contributed by atoms with Crippen molar-refractivity contribution in [1.29, 1.82) is 0 Å². The van der Waals surface area contributed by atoms with Gasteiger partial charge >= 0.3 is 0 Å². The number of rotatable bonds is 9. The first kappa shape index (κ1) is 20.1. The molecule has 1 amide bonds. The molecule has 0 aliphatic heterocycles. The highest BCUT2D eigenvalue weighted by molar-refractivity contribution is 6.31. The van der Waals surface area contributed by atoms with E-state index >= 15 is 0 Å². The van der Waals surface area contributed by atoms with Crippen LogP contribution in [0, 0.1) is 0 Å². The summed E-state index contributed by atoms with van der Waals surface area (Å²) in [6.45, 7) is 1.52. The van der Waals surface area contributed by atoms with Crippen molar-refractivity contribution in [2.75, 3.05) is 34.4 Å². The second kappa shape index (κ2) is 10.0. The standard InChI is InChI=1S/C20H25ClN2O3/c1-23(11-10-15-8-9-18(25-2)19(12-15)26-3)14-20(24)22-13-16-6-4-5-7-17(16)21/h4-9,12H,10-11,13-14H2,1-3H3,(H,22,24). The molecule has 0 atom stereocenters. The molecular formula is C20H25ClN2O3. The SMILES string of the molecule is COc1ccc(CCN(C)CC(=O)NCc2ccccc2Cl)cc1OC.